The summed E-state index contributed by atoms with van der Waals surface area (Å²) in [7, 11) is 0. The van der Waals surface area contributed by atoms with Crippen LogP contribution in [0.15, 0.2) is 23.1 Å². The van der Waals surface area contributed by atoms with Gasteiger partial charge in [-0.15, -0.1) is 0 Å². The van der Waals surface area contributed by atoms with Gasteiger partial charge in [-0.05, 0) is 31.0 Å². The van der Waals surface area contributed by atoms with Crippen LogP contribution in [0.25, 0.3) is 0 Å². The summed E-state index contributed by atoms with van der Waals surface area (Å²) in [6.07, 6.45) is -3.58. The zero-order chi connectivity index (χ0) is 22.3. The van der Waals surface area contributed by atoms with Gasteiger partial charge >= 0.3 is 6.18 Å². The molecular weight excluding hydrogens is 442 g/mol. The molecule has 12 heteroatoms. The van der Waals surface area contributed by atoms with Gasteiger partial charge in [0.2, 0.25) is 11.8 Å². The molecule has 4 heterocycles. The molecule has 4 rings (SSSR count). The minimum atomic E-state index is -4.57. The second-order valence-corrected chi connectivity index (χ2v) is 7.97. The Bertz CT molecular complexity index is 1030. The minimum absolute atomic E-state index is 0.130. The van der Waals surface area contributed by atoms with E-state index in [0.717, 1.165) is 9.47 Å². The molecule has 2 unspecified atom stereocenters. The van der Waals surface area contributed by atoms with Crippen molar-refractivity contribution in [2.45, 2.75) is 44.7 Å². The maximum absolute atomic E-state index is 14.9. The van der Waals surface area contributed by atoms with E-state index < -0.39 is 30.0 Å². The molecule has 2 aromatic rings. The molecule has 2 aliphatic rings. The number of morpholine rings is 1. The molecule has 168 valence electrons. The third kappa shape index (κ3) is 4.20. The number of anilines is 2. The lowest BCUT2D eigenvalue weighted by atomic mass is 10.1. The van der Waals surface area contributed by atoms with Crippen molar-refractivity contribution in [1.29, 1.82) is 0 Å². The van der Waals surface area contributed by atoms with Crippen molar-refractivity contribution in [1.82, 2.24) is 14.5 Å². The lowest BCUT2D eigenvalue weighted by molar-refractivity contribution is -0.153. The molecule has 0 aromatic carbocycles. The summed E-state index contributed by atoms with van der Waals surface area (Å²) in [4.78, 5) is 23.4. The highest BCUT2D eigenvalue weighted by molar-refractivity contribution is 6.29. The molecule has 0 aliphatic carbocycles. The fourth-order valence-electron chi connectivity index (χ4n) is 3.97. The van der Waals surface area contributed by atoms with Crippen LogP contribution in [-0.4, -0.2) is 52.6 Å². The van der Waals surface area contributed by atoms with E-state index in [0.29, 0.717) is 18.8 Å². The largest absolute Gasteiger partial charge is 0.408 e. The van der Waals surface area contributed by atoms with E-state index in [2.05, 4.69) is 9.97 Å². The van der Waals surface area contributed by atoms with Gasteiger partial charge in [-0.25, -0.2) is 4.98 Å². The fraction of sp³-hybridized carbons (Fsp3) is 0.526. The van der Waals surface area contributed by atoms with Gasteiger partial charge in [0.15, 0.2) is 5.82 Å². The third-order valence-corrected chi connectivity index (χ3v) is 5.70. The van der Waals surface area contributed by atoms with Gasteiger partial charge in [0.1, 0.15) is 11.2 Å². The standard InChI is InChI=1S/C19H20ClF4N5O2/c1-11-10-31-7-6-27(11)16-15(21)17(30)28-5-3-13(19(22,23)24)29(18(28)26-16)9-12-2-4-25-14(20)8-12/h2,4,8,11,13H,3,5-7,9-10H2,1H3. The second kappa shape index (κ2) is 8.27. The smallest absolute Gasteiger partial charge is 0.377 e. The van der Waals surface area contributed by atoms with Crippen LogP contribution in [0.4, 0.5) is 29.3 Å². The molecule has 0 bridgehead atoms. The van der Waals surface area contributed by atoms with E-state index in [1.165, 1.54) is 18.3 Å². The van der Waals surface area contributed by atoms with Crippen LogP contribution in [0.2, 0.25) is 5.15 Å². The lowest BCUT2D eigenvalue weighted by Gasteiger charge is -2.40. The molecule has 31 heavy (non-hydrogen) atoms. The van der Waals surface area contributed by atoms with Crippen LogP contribution in [0.3, 0.4) is 0 Å². The van der Waals surface area contributed by atoms with Crippen LogP contribution in [-0.2, 0) is 17.8 Å². The van der Waals surface area contributed by atoms with Gasteiger partial charge in [0.05, 0.1) is 19.3 Å². The predicted octanol–water partition coefficient (Wildman–Crippen LogP) is 3.00. The normalized spacial score (nSPS) is 21.9. The number of fused-ring (bicyclic) bond motifs is 1. The first-order valence-electron chi connectivity index (χ1n) is 9.75. The molecule has 2 atom stereocenters. The van der Waals surface area contributed by atoms with Gasteiger partial charge in [-0.2, -0.15) is 22.5 Å². The quantitative estimate of drug-likeness (QED) is 0.517. The lowest BCUT2D eigenvalue weighted by Crippen LogP contribution is -2.53. The Morgan fingerprint density at radius 3 is 2.77 bits per heavy atom. The van der Waals surface area contributed by atoms with Gasteiger partial charge in [-0.1, -0.05) is 11.6 Å². The molecule has 0 radical (unpaired) electrons. The van der Waals surface area contributed by atoms with Crippen molar-refractivity contribution in [2.24, 2.45) is 0 Å². The molecule has 2 aromatic heterocycles. The summed E-state index contributed by atoms with van der Waals surface area (Å²) in [5.74, 6) is -1.55. The molecular formula is C19H20ClF4N5O2. The average Bonchev–Trinajstić information content (AvgIpc) is 2.71. The molecule has 0 amide bonds. The summed E-state index contributed by atoms with van der Waals surface area (Å²) in [6.45, 7) is 2.14. The van der Waals surface area contributed by atoms with E-state index in [4.69, 9.17) is 16.3 Å². The number of aromatic nitrogens is 3. The first-order valence-corrected chi connectivity index (χ1v) is 10.1. The van der Waals surface area contributed by atoms with Crippen molar-refractivity contribution in [3.05, 3.63) is 45.2 Å². The summed E-state index contributed by atoms with van der Waals surface area (Å²) in [6, 6.07) is 0.810. The van der Waals surface area contributed by atoms with Gasteiger partial charge in [0.25, 0.3) is 5.56 Å². The summed E-state index contributed by atoms with van der Waals surface area (Å²) >= 11 is 5.89. The van der Waals surface area contributed by atoms with Crippen LogP contribution < -0.4 is 15.4 Å². The van der Waals surface area contributed by atoms with Crippen molar-refractivity contribution >= 4 is 23.4 Å². The number of ether oxygens (including phenoxy) is 1. The Morgan fingerprint density at radius 2 is 2.10 bits per heavy atom. The Morgan fingerprint density at radius 1 is 1.32 bits per heavy atom. The highest BCUT2D eigenvalue weighted by atomic mass is 35.5. The molecule has 1 fully saturated rings. The summed E-state index contributed by atoms with van der Waals surface area (Å²) in [5, 5.41) is 0.130. The number of alkyl halides is 3. The second-order valence-electron chi connectivity index (χ2n) is 7.58. The first kappa shape index (κ1) is 21.8. The Hall–Kier alpha value is -2.40. The van der Waals surface area contributed by atoms with Crippen molar-refractivity contribution in [3.63, 3.8) is 0 Å². The topological polar surface area (TPSA) is 63.5 Å². The Labute approximate surface area is 180 Å². The van der Waals surface area contributed by atoms with Crippen LogP contribution in [0.5, 0.6) is 0 Å². The molecule has 0 saturated carbocycles. The maximum atomic E-state index is 14.9. The Kier molecular flexibility index (Phi) is 5.82. The van der Waals surface area contributed by atoms with Gasteiger partial charge < -0.3 is 14.5 Å². The third-order valence-electron chi connectivity index (χ3n) is 5.50. The maximum Gasteiger partial charge on any atom is 0.408 e. The summed E-state index contributed by atoms with van der Waals surface area (Å²) in [5.41, 5.74) is -0.528. The molecule has 0 spiro atoms. The molecule has 0 N–H and O–H groups in total. The molecule has 2 aliphatic heterocycles. The minimum Gasteiger partial charge on any atom is -0.377 e. The van der Waals surface area contributed by atoms with E-state index in [1.54, 1.807) is 11.8 Å². The average molecular weight is 462 g/mol. The zero-order valence-electron chi connectivity index (χ0n) is 16.6. The number of rotatable bonds is 3. The number of hydrogen-bond donors (Lipinski definition) is 0. The molecule has 1 saturated heterocycles. The number of pyridine rings is 1. The van der Waals surface area contributed by atoms with E-state index >= 15 is 0 Å². The van der Waals surface area contributed by atoms with Crippen molar-refractivity contribution in [3.8, 4) is 0 Å². The van der Waals surface area contributed by atoms with E-state index in [9.17, 15) is 22.4 Å². The van der Waals surface area contributed by atoms with Crippen molar-refractivity contribution in [2.75, 3.05) is 29.6 Å². The van der Waals surface area contributed by atoms with Gasteiger partial charge in [-0.3, -0.25) is 9.36 Å². The number of nitrogens with zero attached hydrogens (tertiary/aromatic N) is 5. The summed E-state index contributed by atoms with van der Waals surface area (Å²) < 4.78 is 62.8. The van der Waals surface area contributed by atoms with E-state index in [1.807, 2.05) is 0 Å². The highest BCUT2D eigenvalue weighted by Gasteiger charge is 2.47. The van der Waals surface area contributed by atoms with Gasteiger partial charge in [0, 0.05) is 25.8 Å². The monoisotopic (exact) mass is 461 g/mol. The number of hydrogen-bond acceptors (Lipinski definition) is 6. The van der Waals surface area contributed by atoms with Crippen LogP contribution >= 0.6 is 11.6 Å². The fourth-order valence-corrected chi connectivity index (χ4v) is 4.16. The number of halogens is 5. The predicted molar refractivity (Wildman–Crippen MR) is 106 cm³/mol. The zero-order valence-corrected chi connectivity index (χ0v) is 17.3. The van der Waals surface area contributed by atoms with Crippen LogP contribution in [0, 0.1) is 5.82 Å². The van der Waals surface area contributed by atoms with E-state index in [-0.39, 0.29) is 42.6 Å². The van der Waals surface area contributed by atoms with Crippen molar-refractivity contribution < 1.29 is 22.3 Å². The highest BCUT2D eigenvalue weighted by Crippen LogP contribution is 2.36. The Balaban J connectivity index is 1.83. The molecule has 7 nitrogen and oxygen atoms in total. The van der Waals surface area contributed by atoms with Crippen LogP contribution in [0.1, 0.15) is 18.9 Å². The SMILES string of the molecule is CC1COCCN1c1nc2n(c(=O)c1F)CCC(C(F)(F)F)N2Cc1ccnc(Cl)c1. The first-order chi connectivity index (χ1) is 14.7.